The largest absolute Gasteiger partial charge is 0.478 e. The summed E-state index contributed by atoms with van der Waals surface area (Å²) in [5.74, 6) is -2.41. The summed E-state index contributed by atoms with van der Waals surface area (Å²) >= 11 is 6.62. The average molecular weight is 350 g/mol. The molecule has 0 atom stereocenters. The van der Waals surface area contributed by atoms with Crippen molar-refractivity contribution >= 4 is 44.6 Å². The number of hydrogen-bond donors (Lipinski definition) is 2. The van der Waals surface area contributed by atoms with Crippen LogP contribution >= 0.6 is 22.9 Å². The monoisotopic (exact) mass is 349 g/mol. The summed E-state index contributed by atoms with van der Waals surface area (Å²) in [6.07, 6.45) is 0. The number of carboxylic acids is 1. The lowest BCUT2D eigenvalue weighted by molar-refractivity contribution is 0.0697. The van der Waals surface area contributed by atoms with Gasteiger partial charge in [0, 0.05) is 0 Å². The van der Waals surface area contributed by atoms with Gasteiger partial charge in [-0.25, -0.2) is 17.6 Å². The molecule has 0 saturated carbocycles. The van der Waals surface area contributed by atoms with Crippen LogP contribution in [0.5, 0.6) is 0 Å². The molecular formula is C12H9ClFNO4S2. The Balaban J connectivity index is 2.49. The molecule has 9 heteroatoms. The zero-order valence-corrected chi connectivity index (χ0v) is 12.9. The van der Waals surface area contributed by atoms with Crippen LogP contribution in [0.3, 0.4) is 0 Å². The number of benzene rings is 1. The molecule has 0 amide bonds. The summed E-state index contributed by atoms with van der Waals surface area (Å²) in [7, 11) is -4.11. The highest BCUT2D eigenvalue weighted by molar-refractivity contribution is 7.94. The van der Waals surface area contributed by atoms with Gasteiger partial charge in [0.2, 0.25) is 0 Å². The Morgan fingerprint density at radius 1 is 1.43 bits per heavy atom. The maximum atomic E-state index is 13.7. The molecule has 0 spiro atoms. The third-order valence-electron chi connectivity index (χ3n) is 2.58. The van der Waals surface area contributed by atoms with Crippen LogP contribution in [0.2, 0.25) is 4.34 Å². The molecule has 1 aromatic heterocycles. The molecule has 0 aliphatic carbocycles. The van der Waals surface area contributed by atoms with E-state index in [0.717, 1.165) is 23.5 Å². The molecule has 112 valence electrons. The van der Waals surface area contributed by atoms with E-state index in [4.69, 9.17) is 16.7 Å². The second-order valence-corrected chi connectivity index (χ2v) is 7.66. The summed E-state index contributed by atoms with van der Waals surface area (Å²) in [6, 6.07) is 4.59. The minimum absolute atomic E-state index is 0.121. The van der Waals surface area contributed by atoms with Crippen LogP contribution in [0, 0.1) is 12.7 Å². The van der Waals surface area contributed by atoms with E-state index in [9.17, 15) is 17.6 Å². The number of aromatic carboxylic acids is 1. The van der Waals surface area contributed by atoms with Crippen molar-refractivity contribution in [1.82, 2.24) is 0 Å². The molecule has 0 fully saturated rings. The lowest BCUT2D eigenvalue weighted by atomic mass is 10.2. The summed E-state index contributed by atoms with van der Waals surface area (Å²) < 4.78 is 40.2. The van der Waals surface area contributed by atoms with E-state index in [2.05, 4.69) is 0 Å². The minimum Gasteiger partial charge on any atom is -0.478 e. The van der Waals surface area contributed by atoms with Gasteiger partial charge >= 0.3 is 5.97 Å². The number of para-hydroxylation sites is 1. The Kier molecular flexibility index (Phi) is 4.22. The first-order valence-electron chi connectivity index (χ1n) is 5.53. The standard InChI is InChI=1S/C12H9ClFNO4S2/c1-6-5-9(20-11(6)13)21(18,19)15-10-7(12(16)17)3-2-4-8(10)14/h2-5,15H,1H3,(H,16,17). The molecule has 2 rings (SSSR count). The van der Waals surface area contributed by atoms with Gasteiger partial charge in [0.1, 0.15) is 10.0 Å². The van der Waals surface area contributed by atoms with Crippen molar-refractivity contribution < 1.29 is 22.7 Å². The Morgan fingerprint density at radius 2 is 2.10 bits per heavy atom. The molecule has 2 aromatic rings. The van der Waals surface area contributed by atoms with Crippen molar-refractivity contribution in [2.75, 3.05) is 4.72 Å². The van der Waals surface area contributed by atoms with Gasteiger partial charge in [0.25, 0.3) is 10.0 Å². The first kappa shape index (κ1) is 15.7. The smallest absolute Gasteiger partial charge is 0.337 e. The first-order chi connectivity index (χ1) is 9.72. The number of carbonyl (C=O) groups is 1. The van der Waals surface area contributed by atoms with E-state index in [1.165, 1.54) is 12.1 Å². The van der Waals surface area contributed by atoms with E-state index in [-0.39, 0.29) is 4.21 Å². The summed E-state index contributed by atoms with van der Waals surface area (Å²) in [4.78, 5) is 11.0. The summed E-state index contributed by atoms with van der Waals surface area (Å²) in [6.45, 7) is 1.63. The number of nitrogens with one attached hydrogen (secondary N) is 1. The van der Waals surface area contributed by atoms with E-state index in [0.29, 0.717) is 9.90 Å². The second-order valence-electron chi connectivity index (χ2n) is 4.10. The number of hydrogen-bond acceptors (Lipinski definition) is 4. The van der Waals surface area contributed by atoms with Crippen molar-refractivity contribution in [2.45, 2.75) is 11.1 Å². The van der Waals surface area contributed by atoms with Gasteiger partial charge in [-0.1, -0.05) is 17.7 Å². The lowest BCUT2D eigenvalue weighted by Gasteiger charge is -2.10. The van der Waals surface area contributed by atoms with Gasteiger partial charge in [-0.2, -0.15) is 0 Å². The number of halogens is 2. The lowest BCUT2D eigenvalue weighted by Crippen LogP contribution is -2.16. The zero-order valence-electron chi connectivity index (χ0n) is 10.6. The van der Waals surface area contributed by atoms with E-state index >= 15 is 0 Å². The Hall–Kier alpha value is -1.64. The number of aryl methyl sites for hydroxylation is 1. The molecular weight excluding hydrogens is 341 g/mol. The SMILES string of the molecule is Cc1cc(S(=O)(=O)Nc2c(F)cccc2C(=O)O)sc1Cl. The molecule has 0 radical (unpaired) electrons. The summed E-state index contributed by atoms with van der Waals surface area (Å²) in [5, 5.41) is 8.99. The van der Waals surface area contributed by atoms with Crippen molar-refractivity contribution in [3.8, 4) is 0 Å². The fraction of sp³-hybridized carbons (Fsp3) is 0.0833. The molecule has 0 aliphatic heterocycles. The third-order valence-corrected chi connectivity index (χ3v) is 5.96. The zero-order chi connectivity index (χ0) is 15.8. The van der Waals surface area contributed by atoms with E-state index in [1.54, 1.807) is 6.92 Å². The van der Waals surface area contributed by atoms with E-state index < -0.39 is 33.1 Å². The van der Waals surface area contributed by atoms with Gasteiger partial charge < -0.3 is 5.11 Å². The highest BCUT2D eigenvalue weighted by atomic mass is 35.5. The van der Waals surface area contributed by atoms with Gasteiger partial charge in [-0.15, -0.1) is 11.3 Å². The molecule has 0 aliphatic rings. The topological polar surface area (TPSA) is 83.5 Å². The Bertz CT molecular complexity index is 797. The number of rotatable bonds is 4. The average Bonchev–Trinajstić information content (AvgIpc) is 2.72. The number of carboxylic acid groups (broad SMARTS) is 1. The molecule has 21 heavy (non-hydrogen) atoms. The van der Waals surface area contributed by atoms with Crippen LogP contribution in [0.25, 0.3) is 0 Å². The summed E-state index contributed by atoms with van der Waals surface area (Å²) in [5.41, 5.74) is -0.515. The van der Waals surface area contributed by atoms with E-state index in [1.807, 2.05) is 4.72 Å². The van der Waals surface area contributed by atoms with Crippen molar-refractivity contribution in [3.63, 3.8) is 0 Å². The van der Waals surface area contributed by atoms with Gasteiger partial charge in [0.15, 0.2) is 0 Å². The van der Waals surface area contributed by atoms with Crippen LogP contribution in [0.4, 0.5) is 10.1 Å². The molecule has 1 heterocycles. The van der Waals surface area contributed by atoms with Gasteiger partial charge in [-0.05, 0) is 30.7 Å². The molecule has 0 bridgehead atoms. The highest BCUT2D eigenvalue weighted by Crippen LogP contribution is 2.32. The fourth-order valence-corrected chi connectivity index (χ4v) is 4.35. The fourth-order valence-electron chi connectivity index (χ4n) is 1.55. The van der Waals surface area contributed by atoms with Crippen LogP contribution in [-0.4, -0.2) is 19.5 Å². The molecule has 2 N–H and O–H groups in total. The van der Waals surface area contributed by atoms with Crippen molar-refractivity contribution in [3.05, 3.63) is 45.5 Å². The molecule has 1 aromatic carbocycles. The number of anilines is 1. The van der Waals surface area contributed by atoms with Gasteiger partial charge in [-0.3, -0.25) is 4.72 Å². The predicted molar refractivity (Wildman–Crippen MR) is 78.2 cm³/mol. The second kappa shape index (κ2) is 5.63. The van der Waals surface area contributed by atoms with Crippen molar-refractivity contribution in [1.29, 1.82) is 0 Å². The van der Waals surface area contributed by atoms with Crippen LogP contribution in [0.15, 0.2) is 28.5 Å². The molecule has 0 unspecified atom stereocenters. The quantitative estimate of drug-likeness (QED) is 0.886. The number of sulfonamides is 1. The Morgan fingerprint density at radius 3 is 2.62 bits per heavy atom. The third kappa shape index (κ3) is 3.17. The maximum absolute atomic E-state index is 13.7. The van der Waals surface area contributed by atoms with Crippen molar-refractivity contribution in [2.24, 2.45) is 0 Å². The normalized spacial score (nSPS) is 11.4. The van der Waals surface area contributed by atoms with Crippen LogP contribution in [-0.2, 0) is 10.0 Å². The van der Waals surface area contributed by atoms with Gasteiger partial charge in [0.05, 0.1) is 15.6 Å². The maximum Gasteiger partial charge on any atom is 0.337 e. The molecule has 0 saturated heterocycles. The Labute approximate surface area is 129 Å². The minimum atomic E-state index is -4.11. The molecule has 5 nitrogen and oxygen atoms in total. The van der Waals surface area contributed by atoms with Crippen LogP contribution in [0.1, 0.15) is 15.9 Å². The highest BCUT2D eigenvalue weighted by Gasteiger charge is 2.23. The predicted octanol–water partition coefficient (Wildman–Crippen LogP) is 3.35. The first-order valence-corrected chi connectivity index (χ1v) is 8.20. The number of thiophene rings is 1. The van der Waals surface area contributed by atoms with Crippen LogP contribution < -0.4 is 4.72 Å².